The van der Waals surface area contributed by atoms with Crippen molar-refractivity contribution in [1.29, 1.82) is 0 Å². The average Bonchev–Trinajstić information content (AvgIpc) is 3.53. The minimum absolute atomic E-state index is 0.171. The van der Waals surface area contributed by atoms with Crippen molar-refractivity contribution in [2.45, 2.75) is 45.4 Å². The van der Waals surface area contributed by atoms with Crippen LogP contribution in [-0.2, 0) is 10.8 Å². The molecule has 0 unspecified atom stereocenters. The molecule has 0 amide bonds. The van der Waals surface area contributed by atoms with E-state index < -0.39 is 5.41 Å². The van der Waals surface area contributed by atoms with Crippen molar-refractivity contribution in [2.75, 3.05) is 0 Å². The van der Waals surface area contributed by atoms with Crippen LogP contribution in [0.25, 0.3) is 50.6 Å². The summed E-state index contributed by atoms with van der Waals surface area (Å²) in [5.41, 5.74) is 16.7. The van der Waals surface area contributed by atoms with Crippen LogP contribution in [0.4, 0.5) is 0 Å². The summed E-state index contributed by atoms with van der Waals surface area (Å²) in [5.74, 6) is 1.85. The lowest BCUT2D eigenvalue weighted by atomic mass is 9.55. The van der Waals surface area contributed by atoms with Crippen molar-refractivity contribution in [3.8, 4) is 33.9 Å². The molecular weight excluding hydrogens is 715 g/mol. The molecule has 3 nitrogen and oxygen atoms in total. The summed E-state index contributed by atoms with van der Waals surface area (Å²) in [6, 6.07) is 54.0. The van der Waals surface area contributed by atoms with Gasteiger partial charge in [-0.3, -0.25) is 0 Å². The van der Waals surface area contributed by atoms with Gasteiger partial charge in [-0.25, -0.2) is 15.0 Å². The van der Waals surface area contributed by atoms with Gasteiger partial charge < -0.3 is 0 Å². The van der Waals surface area contributed by atoms with Gasteiger partial charge in [0.15, 0.2) is 17.5 Å². The lowest BCUT2D eigenvalue weighted by Gasteiger charge is -2.47. The van der Waals surface area contributed by atoms with Crippen LogP contribution >= 0.6 is 0 Å². The van der Waals surface area contributed by atoms with E-state index >= 15 is 0 Å². The monoisotopic (exact) mass is 761 g/mol. The van der Waals surface area contributed by atoms with Crippen molar-refractivity contribution in [1.82, 2.24) is 15.0 Å². The Hall–Kier alpha value is -6.97. The summed E-state index contributed by atoms with van der Waals surface area (Å²) in [6.45, 7) is 15.5. The normalized spacial score (nSPS) is 15.1. The molecule has 2 aliphatic carbocycles. The largest absolute Gasteiger partial charge is 0.208 e. The Balaban J connectivity index is 1.27. The van der Waals surface area contributed by atoms with Gasteiger partial charge in [0.1, 0.15) is 0 Å². The second-order valence-electron chi connectivity index (χ2n) is 16.0. The third-order valence-electron chi connectivity index (χ3n) is 12.4. The number of nitrogens with zero attached hydrogens (tertiary/aromatic N) is 3. The van der Waals surface area contributed by atoms with Crippen LogP contribution in [0, 0.1) is 0 Å². The summed E-state index contributed by atoms with van der Waals surface area (Å²) in [7, 11) is 0. The van der Waals surface area contributed by atoms with E-state index in [1.54, 1.807) is 0 Å². The first kappa shape index (κ1) is 37.6. The van der Waals surface area contributed by atoms with Crippen molar-refractivity contribution < 1.29 is 0 Å². The minimum Gasteiger partial charge on any atom is -0.208 e. The number of allylic oxidation sites excluding steroid dienone is 9. The van der Waals surface area contributed by atoms with Crippen LogP contribution in [-0.4, -0.2) is 15.0 Å². The van der Waals surface area contributed by atoms with Gasteiger partial charge in [0.25, 0.3) is 0 Å². The molecule has 1 aromatic heterocycles. The van der Waals surface area contributed by atoms with Crippen LogP contribution in [0.1, 0.15) is 79.4 Å². The predicted molar refractivity (Wildman–Crippen MR) is 247 cm³/mol. The van der Waals surface area contributed by atoms with Crippen molar-refractivity contribution in [2.24, 2.45) is 0 Å². The van der Waals surface area contributed by atoms with E-state index in [1.807, 2.05) is 37.3 Å². The standard InChI is InChI=1S/C56H47N3/c1-7-20-44-38(4)56(48-28-17-15-26-46(48)55(5,6)47-27-16-18-29-49(47)56)50-30-19-25-45(51(44)50)54-58-52(39(8-2)32-31-37(3)40-21-11-9-12-22-40)57-53(59-54)43-35-33-42(34-36-43)41-23-13-10-14-24-41/h7-36H,3H2,1-2,4-6H3/b20-7-,32-31-,39-8+. The van der Waals surface area contributed by atoms with E-state index in [1.165, 1.54) is 39.0 Å². The Labute approximate surface area is 348 Å². The number of hydrogen-bond donors (Lipinski definition) is 0. The van der Waals surface area contributed by atoms with Crippen LogP contribution in [0.5, 0.6) is 0 Å². The topological polar surface area (TPSA) is 38.7 Å². The second-order valence-corrected chi connectivity index (χ2v) is 16.0. The molecule has 3 heteroatoms. The fraction of sp³-hybridized carbons (Fsp3) is 0.125. The SMILES string of the molecule is C=C(/C=C\C(=C/C)c1nc(-c2ccc(-c3ccccc3)cc2)nc(-c2cccc3c2C(/C=C\C)=C(C)C32c3ccccc3C(C)(C)c3ccccc32)n1)c1ccccc1. The zero-order valence-corrected chi connectivity index (χ0v) is 34.4. The molecule has 2 aliphatic rings. The molecule has 0 radical (unpaired) electrons. The van der Waals surface area contributed by atoms with E-state index in [0.29, 0.717) is 17.5 Å². The van der Waals surface area contributed by atoms with E-state index in [-0.39, 0.29) is 5.41 Å². The molecule has 59 heavy (non-hydrogen) atoms. The van der Waals surface area contributed by atoms with Crippen molar-refractivity contribution in [3.05, 3.63) is 239 Å². The van der Waals surface area contributed by atoms with E-state index in [0.717, 1.165) is 44.5 Å². The summed E-state index contributed by atoms with van der Waals surface area (Å²) in [4.78, 5) is 15.9. The molecule has 1 heterocycles. The van der Waals surface area contributed by atoms with Gasteiger partial charge in [0.2, 0.25) is 0 Å². The van der Waals surface area contributed by atoms with Crippen LogP contribution in [0.3, 0.4) is 0 Å². The first-order valence-electron chi connectivity index (χ1n) is 20.5. The Morgan fingerprint density at radius 2 is 1.08 bits per heavy atom. The molecule has 0 bridgehead atoms. The molecule has 0 aliphatic heterocycles. The highest BCUT2D eigenvalue weighted by Crippen LogP contribution is 2.62. The summed E-state index contributed by atoms with van der Waals surface area (Å²) in [6.07, 6.45) is 10.6. The third-order valence-corrected chi connectivity index (χ3v) is 12.4. The maximum atomic E-state index is 5.34. The lowest BCUT2D eigenvalue weighted by molar-refractivity contribution is 0.558. The first-order chi connectivity index (χ1) is 28.8. The molecule has 0 N–H and O–H groups in total. The molecule has 0 saturated carbocycles. The van der Waals surface area contributed by atoms with Gasteiger partial charge >= 0.3 is 0 Å². The zero-order chi connectivity index (χ0) is 40.7. The highest BCUT2D eigenvalue weighted by atomic mass is 15.0. The highest BCUT2D eigenvalue weighted by Gasteiger charge is 2.53. The minimum atomic E-state index is -0.496. The molecule has 9 rings (SSSR count). The summed E-state index contributed by atoms with van der Waals surface area (Å²) >= 11 is 0. The zero-order valence-electron chi connectivity index (χ0n) is 34.4. The van der Waals surface area contributed by atoms with Gasteiger partial charge in [-0.1, -0.05) is 202 Å². The van der Waals surface area contributed by atoms with Crippen LogP contribution in [0.15, 0.2) is 194 Å². The summed E-state index contributed by atoms with van der Waals surface area (Å²) < 4.78 is 0. The first-order valence-corrected chi connectivity index (χ1v) is 20.5. The fourth-order valence-corrected chi connectivity index (χ4v) is 9.44. The van der Waals surface area contributed by atoms with Gasteiger partial charge in [-0.05, 0) is 87.6 Å². The average molecular weight is 762 g/mol. The Morgan fingerprint density at radius 3 is 1.71 bits per heavy atom. The number of benzene rings is 6. The molecule has 0 fully saturated rings. The lowest BCUT2D eigenvalue weighted by Crippen LogP contribution is -2.40. The maximum absolute atomic E-state index is 5.34. The maximum Gasteiger partial charge on any atom is 0.164 e. The Kier molecular flexibility index (Phi) is 9.61. The van der Waals surface area contributed by atoms with Gasteiger partial charge in [-0.2, -0.15) is 0 Å². The third kappa shape index (κ3) is 6.17. The quantitative estimate of drug-likeness (QED) is 0.145. The number of fused-ring (bicyclic) bond motifs is 6. The fourth-order valence-electron chi connectivity index (χ4n) is 9.44. The predicted octanol–water partition coefficient (Wildman–Crippen LogP) is 13.9. The number of aromatic nitrogens is 3. The van der Waals surface area contributed by atoms with E-state index in [2.05, 4.69) is 186 Å². The Bertz CT molecular complexity index is 2820. The molecule has 0 saturated heterocycles. The van der Waals surface area contributed by atoms with E-state index in [4.69, 9.17) is 15.0 Å². The van der Waals surface area contributed by atoms with Crippen LogP contribution in [0.2, 0.25) is 0 Å². The van der Waals surface area contributed by atoms with E-state index in [9.17, 15) is 0 Å². The molecular formula is C56H47N3. The molecule has 0 atom stereocenters. The van der Waals surface area contributed by atoms with Crippen LogP contribution < -0.4 is 0 Å². The van der Waals surface area contributed by atoms with Crippen molar-refractivity contribution in [3.63, 3.8) is 0 Å². The smallest absolute Gasteiger partial charge is 0.164 e. The van der Waals surface area contributed by atoms with Gasteiger partial charge in [-0.15, -0.1) is 0 Å². The highest BCUT2D eigenvalue weighted by molar-refractivity contribution is 5.96. The molecule has 1 spiro atoms. The molecule has 286 valence electrons. The molecule has 7 aromatic rings. The molecule has 6 aromatic carbocycles. The van der Waals surface area contributed by atoms with Gasteiger partial charge in [0, 0.05) is 22.1 Å². The number of hydrogen-bond acceptors (Lipinski definition) is 3. The summed E-state index contributed by atoms with van der Waals surface area (Å²) in [5, 5.41) is 0. The van der Waals surface area contributed by atoms with Gasteiger partial charge in [0.05, 0.1) is 5.41 Å². The van der Waals surface area contributed by atoms with Crippen molar-refractivity contribution >= 4 is 16.7 Å². The second kappa shape index (κ2) is 15.1. The Morgan fingerprint density at radius 1 is 0.542 bits per heavy atom. The number of rotatable bonds is 8.